The van der Waals surface area contributed by atoms with Gasteiger partial charge in [-0.1, -0.05) is 42.5 Å². The number of para-hydroxylation sites is 1. The lowest BCUT2D eigenvalue weighted by Crippen LogP contribution is -2.40. The van der Waals surface area contributed by atoms with Crippen LogP contribution >= 0.6 is 0 Å². The number of benzene rings is 2. The fourth-order valence-electron chi connectivity index (χ4n) is 3.34. The first kappa shape index (κ1) is 20.7. The Labute approximate surface area is 173 Å². The summed E-state index contributed by atoms with van der Waals surface area (Å²) in [5.74, 6) is 1.96. The molecule has 1 fully saturated rings. The number of aliphatic imine (C=N–C) groups is 1. The van der Waals surface area contributed by atoms with Crippen LogP contribution in [0, 0.1) is 0 Å². The summed E-state index contributed by atoms with van der Waals surface area (Å²) < 4.78 is 5.76. The van der Waals surface area contributed by atoms with Crippen molar-refractivity contribution in [2.75, 3.05) is 33.8 Å². The number of carbonyl (C=O) groups excluding carboxylic acids is 1. The number of hydrogen-bond acceptors (Lipinski definition) is 3. The summed E-state index contributed by atoms with van der Waals surface area (Å²) >= 11 is 0. The minimum Gasteiger partial charge on any atom is -0.492 e. The van der Waals surface area contributed by atoms with Crippen molar-refractivity contribution in [2.45, 2.75) is 25.9 Å². The van der Waals surface area contributed by atoms with E-state index in [1.165, 1.54) is 11.1 Å². The minimum absolute atomic E-state index is 0.263. The number of rotatable bonds is 8. The number of carbonyl (C=O) groups is 1. The predicted octanol–water partition coefficient (Wildman–Crippen LogP) is 2.90. The van der Waals surface area contributed by atoms with Crippen LogP contribution in [0.25, 0.3) is 0 Å². The van der Waals surface area contributed by atoms with Crippen molar-refractivity contribution in [3.63, 3.8) is 0 Å². The van der Waals surface area contributed by atoms with Gasteiger partial charge in [0.15, 0.2) is 5.96 Å². The minimum atomic E-state index is 0.263. The predicted molar refractivity (Wildman–Crippen MR) is 116 cm³/mol. The molecule has 0 saturated carbocycles. The SMILES string of the molecule is CN=C(NCc1ccc(CN2CCCC2=O)cc1)N(C)CCOc1ccccc1. The standard InChI is InChI=1S/C23H30N4O2/c1-24-23(26(2)15-16-29-21-7-4-3-5-8-21)25-17-19-10-12-20(13-11-19)18-27-14-6-9-22(27)28/h3-5,7-8,10-13H,6,9,14-18H2,1-2H3,(H,24,25). The van der Waals surface area contributed by atoms with Crippen molar-refractivity contribution in [3.05, 3.63) is 65.7 Å². The Hall–Kier alpha value is -3.02. The van der Waals surface area contributed by atoms with E-state index in [9.17, 15) is 4.79 Å². The molecule has 1 aliphatic heterocycles. The van der Waals surface area contributed by atoms with Crippen molar-refractivity contribution < 1.29 is 9.53 Å². The van der Waals surface area contributed by atoms with E-state index in [1.807, 2.05) is 42.3 Å². The molecule has 0 atom stereocenters. The number of hydrogen-bond donors (Lipinski definition) is 1. The lowest BCUT2D eigenvalue weighted by molar-refractivity contribution is -0.128. The first-order valence-corrected chi connectivity index (χ1v) is 10.1. The number of amides is 1. The van der Waals surface area contributed by atoms with Crippen LogP contribution in [0.3, 0.4) is 0 Å². The summed E-state index contributed by atoms with van der Waals surface area (Å²) in [6.45, 7) is 3.60. The van der Waals surface area contributed by atoms with Crippen LogP contribution in [0.15, 0.2) is 59.6 Å². The Balaban J connectivity index is 1.42. The van der Waals surface area contributed by atoms with Crippen LogP contribution in [-0.4, -0.2) is 55.5 Å². The van der Waals surface area contributed by atoms with Gasteiger partial charge in [0.25, 0.3) is 0 Å². The number of guanidine groups is 1. The second-order valence-corrected chi connectivity index (χ2v) is 7.22. The van der Waals surface area contributed by atoms with Crippen LogP contribution in [0.1, 0.15) is 24.0 Å². The lowest BCUT2D eigenvalue weighted by Gasteiger charge is -2.22. The molecule has 0 radical (unpaired) electrons. The Morgan fingerprint density at radius 1 is 1.14 bits per heavy atom. The summed E-state index contributed by atoms with van der Waals surface area (Å²) in [5.41, 5.74) is 2.35. The number of nitrogens with one attached hydrogen (secondary N) is 1. The van der Waals surface area contributed by atoms with Crippen molar-refractivity contribution in [2.24, 2.45) is 4.99 Å². The van der Waals surface area contributed by atoms with E-state index in [0.717, 1.165) is 31.2 Å². The van der Waals surface area contributed by atoms with Gasteiger partial charge in [-0.25, -0.2) is 0 Å². The molecule has 0 aromatic heterocycles. The van der Waals surface area contributed by atoms with Gasteiger partial charge in [-0.2, -0.15) is 0 Å². The molecule has 1 amide bonds. The molecule has 0 bridgehead atoms. The molecule has 154 valence electrons. The zero-order valence-electron chi connectivity index (χ0n) is 17.3. The Bertz CT molecular complexity index is 805. The van der Waals surface area contributed by atoms with Crippen LogP contribution in [0.2, 0.25) is 0 Å². The van der Waals surface area contributed by atoms with Gasteiger partial charge in [0, 0.05) is 40.2 Å². The second-order valence-electron chi connectivity index (χ2n) is 7.22. The highest BCUT2D eigenvalue weighted by atomic mass is 16.5. The summed E-state index contributed by atoms with van der Waals surface area (Å²) in [6, 6.07) is 18.2. The van der Waals surface area contributed by atoms with Crippen LogP contribution in [0.5, 0.6) is 5.75 Å². The molecular formula is C23H30N4O2. The molecule has 0 spiro atoms. The van der Waals surface area contributed by atoms with Crippen molar-refractivity contribution >= 4 is 11.9 Å². The summed E-state index contributed by atoms with van der Waals surface area (Å²) in [5, 5.41) is 3.39. The molecular weight excluding hydrogens is 364 g/mol. The van der Waals surface area contributed by atoms with Crippen molar-refractivity contribution in [1.82, 2.24) is 15.1 Å². The Morgan fingerprint density at radius 3 is 2.52 bits per heavy atom. The maximum atomic E-state index is 11.8. The van der Waals surface area contributed by atoms with Gasteiger partial charge in [-0.3, -0.25) is 9.79 Å². The van der Waals surface area contributed by atoms with E-state index in [-0.39, 0.29) is 5.91 Å². The number of ether oxygens (including phenoxy) is 1. The highest BCUT2D eigenvalue weighted by Crippen LogP contribution is 2.15. The van der Waals surface area contributed by atoms with Gasteiger partial charge >= 0.3 is 0 Å². The summed E-state index contributed by atoms with van der Waals surface area (Å²) in [6.07, 6.45) is 1.66. The van der Waals surface area contributed by atoms with Gasteiger partial charge in [0.2, 0.25) is 5.91 Å². The van der Waals surface area contributed by atoms with Crippen molar-refractivity contribution in [1.29, 1.82) is 0 Å². The summed E-state index contributed by atoms with van der Waals surface area (Å²) in [4.78, 5) is 20.1. The van der Waals surface area contributed by atoms with Gasteiger partial charge in [0.1, 0.15) is 12.4 Å². The van der Waals surface area contributed by atoms with E-state index in [4.69, 9.17) is 4.74 Å². The normalized spacial score (nSPS) is 14.2. The van der Waals surface area contributed by atoms with E-state index < -0.39 is 0 Å². The van der Waals surface area contributed by atoms with Crippen LogP contribution in [0.4, 0.5) is 0 Å². The highest BCUT2D eigenvalue weighted by molar-refractivity contribution is 5.79. The third-order valence-corrected chi connectivity index (χ3v) is 5.03. The monoisotopic (exact) mass is 394 g/mol. The van der Waals surface area contributed by atoms with E-state index >= 15 is 0 Å². The second kappa shape index (κ2) is 10.5. The molecule has 2 aromatic carbocycles. The first-order valence-electron chi connectivity index (χ1n) is 10.1. The zero-order chi connectivity index (χ0) is 20.5. The summed E-state index contributed by atoms with van der Waals surface area (Å²) in [7, 11) is 3.78. The fourth-order valence-corrected chi connectivity index (χ4v) is 3.34. The first-order chi connectivity index (χ1) is 14.2. The Morgan fingerprint density at radius 2 is 1.86 bits per heavy atom. The van der Waals surface area contributed by atoms with Gasteiger partial charge in [-0.05, 0) is 29.7 Å². The number of nitrogens with zero attached hydrogens (tertiary/aromatic N) is 3. The van der Waals surface area contributed by atoms with Crippen LogP contribution < -0.4 is 10.1 Å². The Kier molecular flexibility index (Phi) is 7.50. The quantitative estimate of drug-likeness (QED) is 0.553. The van der Waals surface area contributed by atoms with E-state index in [2.05, 4.69) is 39.5 Å². The molecule has 29 heavy (non-hydrogen) atoms. The molecule has 6 nitrogen and oxygen atoms in total. The van der Waals surface area contributed by atoms with E-state index in [0.29, 0.717) is 26.1 Å². The molecule has 0 aliphatic carbocycles. The molecule has 6 heteroatoms. The lowest BCUT2D eigenvalue weighted by atomic mass is 10.1. The number of likely N-dealkylation sites (N-methyl/N-ethyl adjacent to an activating group) is 1. The average Bonchev–Trinajstić information content (AvgIpc) is 3.15. The molecule has 1 aliphatic rings. The smallest absolute Gasteiger partial charge is 0.222 e. The molecule has 1 saturated heterocycles. The highest BCUT2D eigenvalue weighted by Gasteiger charge is 2.19. The van der Waals surface area contributed by atoms with Crippen molar-refractivity contribution in [3.8, 4) is 5.75 Å². The topological polar surface area (TPSA) is 57.2 Å². The van der Waals surface area contributed by atoms with Crippen LogP contribution in [-0.2, 0) is 17.9 Å². The molecule has 1 N–H and O–H groups in total. The third kappa shape index (κ3) is 6.24. The molecule has 0 unspecified atom stereocenters. The van der Waals surface area contributed by atoms with E-state index in [1.54, 1.807) is 7.05 Å². The zero-order valence-corrected chi connectivity index (χ0v) is 17.3. The fraction of sp³-hybridized carbons (Fsp3) is 0.391. The maximum absolute atomic E-state index is 11.8. The average molecular weight is 395 g/mol. The molecule has 2 aromatic rings. The van der Waals surface area contributed by atoms with Gasteiger partial charge in [0.05, 0.1) is 6.54 Å². The molecule has 1 heterocycles. The molecule has 3 rings (SSSR count). The largest absolute Gasteiger partial charge is 0.492 e. The van der Waals surface area contributed by atoms with Gasteiger partial charge < -0.3 is 19.9 Å². The van der Waals surface area contributed by atoms with Gasteiger partial charge in [-0.15, -0.1) is 0 Å². The number of likely N-dealkylation sites (tertiary alicyclic amines) is 1. The maximum Gasteiger partial charge on any atom is 0.222 e. The third-order valence-electron chi connectivity index (χ3n) is 5.03.